The van der Waals surface area contributed by atoms with Crippen molar-refractivity contribution in [2.24, 2.45) is 5.73 Å². The number of nitrogens with one attached hydrogen (secondary N) is 1. The molecular formula is C21H29N3O4. The number of aliphatic carboxylic acids is 1. The average molecular weight is 387 g/mol. The highest BCUT2D eigenvalue weighted by atomic mass is 16.5. The normalized spacial score (nSPS) is 11.0. The van der Waals surface area contributed by atoms with Gasteiger partial charge in [-0.3, -0.25) is 14.6 Å². The lowest BCUT2D eigenvalue weighted by Crippen LogP contribution is -2.34. The molecule has 1 heterocycles. The van der Waals surface area contributed by atoms with E-state index in [0.717, 1.165) is 23.9 Å². The number of ether oxygens (including phenoxy) is 1. The molecule has 7 heteroatoms. The topological polar surface area (TPSA) is 115 Å². The zero-order chi connectivity index (χ0) is 21.1. The smallest absolute Gasteiger partial charge is 0.300 e. The fraction of sp³-hybridized carbons (Fsp3) is 0.381. The number of nitrogens with zero attached hydrogens (tertiary/aromatic N) is 1. The Hall–Kier alpha value is -2.93. The second kappa shape index (κ2) is 11.7. The van der Waals surface area contributed by atoms with Crippen LogP contribution < -0.4 is 15.8 Å². The molecule has 4 N–H and O–H groups in total. The molecule has 2 aromatic rings. The molecule has 1 aromatic carbocycles. The highest BCUT2D eigenvalue weighted by molar-refractivity contribution is 5.94. The lowest BCUT2D eigenvalue weighted by molar-refractivity contribution is -0.134. The van der Waals surface area contributed by atoms with Gasteiger partial charge in [0, 0.05) is 42.9 Å². The molecule has 1 atom stereocenters. The number of carbonyl (C=O) groups excluding carboxylic acids is 1. The lowest BCUT2D eigenvalue weighted by Gasteiger charge is -2.15. The Morgan fingerprint density at radius 3 is 2.54 bits per heavy atom. The summed E-state index contributed by atoms with van der Waals surface area (Å²) in [6, 6.07) is 11.3. The number of amides is 1. The first-order valence-electron chi connectivity index (χ1n) is 9.09. The van der Waals surface area contributed by atoms with Crippen LogP contribution in [0.2, 0.25) is 0 Å². The van der Waals surface area contributed by atoms with E-state index < -0.39 is 5.97 Å². The predicted octanol–water partition coefficient (Wildman–Crippen LogP) is 2.49. The van der Waals surface area contributed by atoms with Crippen LogP contribution >= 0.6 is 0 Å². The second-order valence-electron chi connectivity index (χ2n) is 6.49. The Balaban J connectivity index is 0.000000892. The zero-order valence-corrected chi connectivity index (χ0v) is 16.9. The lowest BCUT2D eigenvalue weighted by atomic mass is 10.1. The summed E-state index contributed by atoms with van der Waals surface area (Å²) in [6.07, 6.45) is 0.690. The molecule has 2 rings (SSSR count). The highest BCUT2D eigenvalue weighted by Crippen LogP contribution is 2.19. The van der Waals surface area contributed by atoms with Gasteiger partial charge in [0.25, 0.3) is 11.9 Å². The van der Waals surface area contributed by atoms with Gasteiger partial charge in [-0.25, -0.2) is 0 Å². The first-order chi connectivity index (χ1) is 13.2. The van der Waals surface area contributed by atoms with Crippen molar-refractivity contribution in [3.8, 4) is 5.75 Å². The number of rotatable bonds is 7. The molecule has 1 unspecified atom stereocenters. The van der Waals surface area contributed by atoms with Gasteiger partial charge in [-0.2, -0.15) is 0 Å². The van der Waals surface area contributed by atoms with Gasteiger partial charge in [-0.05, 0) is 50.6 Å². The molecule has 0 radical (unpaired) electrons. The van der Waals surface area contributed by atoms with Gasteiger partial charge in [0.1, 0.15) is 12.4 Å². The number of hydrogen-bond donors (Lipinski definition) is 3. The number of nitrogens with two attached hydrogens (primary N) is 1. The van der Waals surface area contributed by atoms with Gasteiger partial charge >= 0.3 is 0 Å². The minimum atomic E-state index is -0.833. The largest absolute Gasteiger partial charge is 0.492 e. The fourth-order valence-corrected chi connectivity index (χ4v) is 2.45. The van der Waals surface area contributed by atoms with Crippen molar-refractivity contribution in [2.45, 2.75) is 40.2 Å². The summed E-state index contributed by atoms with van der Waals surface area (Å²) in [5.41, 5.74) is 8.98. The molecule has 1 aromatic heterocycles. The Labute approximate surface area is 165 Å². The number of carboxylic acids is 1. The molecule has 152 valence electrons. The maximum absolute atomic E-state index is 12.4. The van der Waals surface area contributed by atoms with Crippen molar-refractivity contribution in [3.05, 3.63) is 58.9 Å². The molecule has 7 nitrogen and oxygen atoms in total. The summed E-state index contributed by atoms with van der Waals surface area (Å²) in [7, 11) is 0. The summed E-state index contributed by atoms with van der Waals surface area (Å²) in [4.78, 5) is 25.9. The third-order valence-corrected chi connectivity index (χ3v) is 3.66. The Morgan fingerprint density at radius 1 is 1.25 bits per heavy atom. The summed E-state index contributed by atoms with van der Waals surface area (Å²) in [5.74, 6) is -0.256. The number of carboxylic acid groups (broad SMARTS) is 1. The minimum Gasteiger partial charge on any atom is -0.492 e. The molecular weight excluding hydrogens is 358 g/mol. The molecule has 0 saturated heterocycles. The Morgan fingerprint density at radius 2 is 1.93 bits per heavy atom. The highest BCUT2D eigenvalue weighted by Gasteiger charge is 2.13. The third-order valence-electron chi connectivity index (χ3n) is 3.66. The van der Waals surface area contributed by atoms with Gasteiger partial charge in [0.15, 0.2) is 0 Å². The fourth-order valence-electron chi connectivity index (χ4n) is 2.45. The number of aryl methyl sites for hydroxylation is 2. The first-order valence-corrected chi connectivity index (χ1v) is 9.09. The van der Waals surface area contributed by atoms with E-state index in [-0.39, 0.29) is 11.9 Å². The van der Waals surface area contributed by atoms with E-state index >= 15 is 0 Å². The third kappa shape index (κ3) is 8.64. The molecule has 0 aliphatic heterocycles. The molecule has 0 fully saturated rings. The van der Waals surface area contributed by atoms with Crippen LogP contribution in [0.3, 0.4) is 0 Å². The second-order valence-corrected chi connectivity index (χ2v) is 6.49. The predicted molar refractivity (Wildman–Crippen MR) is 109 cm³/mol. The van der Waals surface area contributed by atoms with E-state index in [4.69, 9.17) is 20.4 Å². The van der Waals surface area contributed by atoms with E-state index in [1.165, 1.54) is 0 Å². The number of aromatic nitrogens is 1. The van der Waals surface area contributed by atoms with Crippen molar-refractivity contribution in [2.75, 3.05) is 13.2 Å². The summed E-state index contributed by atoms with van der Waals surface area (Å²) in [6.45, 7) is 7.83. The van der Waals surface area contributed by atoms with Crippen molar-refractivity contribution in [1.29, 1.82) is 0 Å². The van der Waals surface area contributed by atoms with E-state index in [9.17, 15) is 4.79 Å². The Bertz CT molecular complexity index is 789. The van der Waals surface area contributed by atoms with Crippen LogP contribution in [0.15, 0.2) is 36.4 Å². The average Bonchev–Trinajstić information content (AvgIpc) is 2.60. The summed E-state index contributed by atoms with van der Waals surface area (Å²) < 4.78 is 5.58. The minimum absolute atomic E-state index is 0.0125. The van der Waals surface area contributed by atoms with E-state index in [2.05, 4.69) is 10.3 Å². The van der Waals surface area contributed by atoms with Gasteiger partial charge in [0.05, 0.1) is 0 Å². The standard InChI is InChI=1S/C19H25N3O2.C2H4O2/c1-13-7-8-16(12-18(13)24-10-9-20)19(23)22-15(3)11-17-6-4-5-14(2)21-17;1-2(3)4/h4-8,12,15H,9-11,20H2,1-3H3,(H,22,23);1H3,(H,3,4). The van der Waals surface area contributed by atoms with Crippen LogP contribution in [0, 0.1) is 13.8 Å². The first kappa shape index (κ1) is 23.1. The van der Waals surface area contributed by atoms with Gasteiger partial charge in [0.2, 0.25) is 0 Å². The van der Waals surface area contributed by atoms with Crippen molar-refractivity contribution in [1.82, 2.24) is 10.3 Å². The molecule has 0 aliphatic rings. The molecule has 28 heavy (non-hydrogen) atoms. The van der Waals surface area contributed by atoms with Crippen LogP contribution in [-0.2, 0) is 11.2 Å². The summed E-state index contributed by atoms with van der Waals surface area (Å²) >= 11 is 0. The van der Waals surface area contributed by atoms with Crippen LogP contribution in [-0.4, -0.2) is 41.2 Å². The maximum atomic E-state index is 12.4. The Kier molecular flexibility index (Phi) is 9.67. The molecule has 1 amide bonds. The monoisotopic (exact) mass is 387 g/mol. The quantitative estimate of drug-likeness (QED) is 0.672. The van der Waals surface area contributed by atoms with Gasteiger partial charge in [-0.15, -0.1) is 0 Å². The van der Waals surface area contributed by atoms with E-state index in [1.54, 1.807) is 12.1 Å². The van der Waals surface area contributed by atoms with Crippen LogP contribution in [0.4, 0.5) is 0 Å². The van der Waals surface area contributed by atoms with Gasteiger partial charge in [-0.1, -0.05) is 12.1 Å². The number of carbonyl (C=O) groups is 2. The van der Waals surface area contributed by atoms with Crippen molar-refractivity contribution in [3.63, 3.8) is 0 Å². The van der Waals surface area contributed by atoms with E-state index in [0.29, 0.717) is 30.9 Å². The van der Waals surface area contributed by atoms with Crippen LogP contribution in [0.1, 0.15) is 41.2 Å². The van der Waals surface area contributed by atoms with Crippen molar-refractivity contribution < 1.29 is 19.4 Å². The number of pyridine rings is 1. The summed E-state index contributed by atoms with van der Waals surface area (Å²) in [5, 5.41) is 10.4. The van der Waals surface area contributed by atoms with Crippen LogP contribution in [0.5, 0.6) is 5.75 Å². The number of benzene rings is 1. The van der Waals surface area contributed by atoms with Crippen molar-refractivity contribution >= 4 is 11.9 Å². The number of hydrogen-bond acceptors (Lipinski definition) is 5. The molecule has 0 saturated carbocycles. The SMILES string of the molecule is CC(=O)O.Cc1cccc(CC(C)NC(=O)c2ccc(C)c(OCCN)c2)n1. The molecule has 0 spiro atoms. The maximum Gasteiger partial charge on any atom is 0.300 e. The van der Waals surface area contributed by atoms with Gasteiger partial charge < -0.3 is 20.9 Å². The zero-order valence-electron chi connectivity index (χ0n) is 16.9. The van der Waals surface area contributed by atoms with E-state index in [1.807, 2.05) is 45.0 Å². The molecule has 0 aliphatic carbocycles. The van der Waals surface area contributed by atoms with Crippen LogP contribution in [0.25, 0.3) is 0 Å². The molecule has 0 bridgehead atoms.